The molecular formula is C20H22ClN5O2. The van der Waals surface area contributed by atoms with E-state index in [-0.39, 0.29) is 11.7 Å². The topological polar surface area (TPSA) is 98.4 Å². The minimum atomic E-state index is -0.432. The quantitative estimate of drug-likeness (QED) is 0.450. The van der Waals surface area contributed by atoms with Crippen LogP contribution in [0.15, 0.2) is 42.5 Å². The van der Waals surface area contributed by atoms with Crippen molar-refractivity contribution in [1.82, 2.24) is 14.8 Å². The summed E-state index contributed by atoms with van der Waals surface area (Å²) in [6.45, 7) is 0.727. The van der Waals surface area contributed by atoms with Gasteiger partial charge in [0.05, 0.1) is 10.5 Å². The van der Waals surface area contributed by atoms with Crippen LogP contribution in [0.25, 0.3) is 10.9 Å². The van der Waals surface area contributed by atoms with Crippen molar-refractivity contribution in [3.05, 3.63) is 58.7 Å². The highest BCUT2D eigenvalue weighted by Crippen LogP contribution is 2.35. The van der Waals surface area contributed by atoms with E-state index in [1.807, 2.05) is 38.4 Å². The molecule has 3 rings (SSSR count). The Morgan fingerprint density at radius 2 is 1.89 bits per heavy atom. The van der Waals surface area contributed by atoms with Gasteiger partial charge in [0.25, 0.3) is 5.91 Å². The molecule has 28 heavy (non-hydrogen) atoms. The van der Waals surface area contributed by atoms with Gasteiger partial charge in [-0.2, -0.15) is 0 Å². The summed E-state index contributed by atoms with van der Waals surface area (Å²) in [5.41, 5.74) is 7.32. The molecule has 0 bridgehead atoms. The third-order valence-corrected chi connectivity index (χ3v) is 4.61. The van der Waals surface area contributed by atoms with Crippen LogP contribution in [0, 0.1) is 5.41 Å². The molecule has 146 valence electrons. The normalized spacial score (nSPS) is 11.0. The fourth-order valence-corrected chi connectivity index (χ4v) is 3.05. The number of nitrogens with one attached hydrogen (secondary N) is 2. The molecule has 1 aromatic heterocycles. The smallest absolute Gasteiger partial charge is 0.276 e. The lowest BCUT2D eigenvalue weighted by Crippen LogP contribution is -2.38. The Morgan fingerprint density at radius 3 is 2.57 bits per heavy atom. The van der Waals surface area contributed by atoms with Gasteiger partial charge in [0, 0.05) is 24.5 Å². The standard InChI is InChI=1S/C20H22ClN5O2/c1-25(2)11-12-6-4-5-7-16(12)28-17-9-8-14(21)13-10-15(24-18(13)17)19(27)26(3)20(22)23/h4-10,24H,11H2,1-3H3,(H3,22,23). The van der Waals surface area contributed by atoms with Crippen LogP contribution in [0.4, 0.5) is 0 Å². The molecular weight excluding hydrogens is 378 g/mol. The summed E-state index contributed by atoms with van der Waals surface area (Å²) in [6.07, 6.45) is 0. The molecule has 4 N–H and O–H groups in total. The van der Waals surface area contributed by atoms with E-state index in [1.165, 1.54) is 7.05 Å². The van der Waals surface area contributed by atoms with Crippen molar-refractivity contribution in [2.45, 2.75) is 6.54 Å². The van der Waals surface area contributed by atoms with Crippen LogP contribution in [-0.4, -0.2) is 47.8 Å². The van der Waals surface area contributed by atoms with E-state index in [4.69, 9.17) is 27.5 Å². The molecule has 0 aliphatic heterocycles. The molecule has 0 atom stereocenters. The third-order valence-electron chi connectivity index (χ3n) is 4.28. The van der Waals surface area contributed by atoms with Crippen LogP contribution in [-0.2, 0) is 6.54 Å². The van der Waals surface area contributed by atoms with Crippen molar-refractivity contribution < 1.29 is 9.53 Å². The highest BCUT2D eigenvalue weighted by Gasteiger charge is 2.19. The number of hydrogen-bond acceptors (Lipinski definition) is 4. The van der Waals surface area contributed by atoms with Crippen LogP contribution in [0.5, 0.6) is 11.5 Å². The minimum Gasteiger partial charge on any atom is -0.455 e. The van der Waals surface area contributed by atoms with Gasteiger partial charge in [-0.15, -0.1) is 0 Å². The average Bonchev–Trinajstić information content (AvgIpc) is 3.10. The number of amides is 1. The number of ether oxygens (including phenoxy) is 1. The van der Waals surface area contributed by atoms with Crippen LogP contribution in [0.3, 0.4) is 0 Å². The Morgan fingerprint density at radius 1 is 1.18 bits per heavy atom. The first-order valence-corrected chi connectivity index (χ1v) is 8.99. The largest absolute Gasteiger partial charge is 0.455 e. The molecule has 2 aromatic carbocycles. The fraction of sp³-hybridized carbons (Fsp3) is 0.200. The first kappa shape index (κ1) is 19.7. The van der Waals surface area contributed by atoms with Gasteiger partial charge in [0.1, 0.15) is 11.4 Å². The zero-order valence-corrected chi connectivity index (χ0v) is 16.7. The first-order chi connectivity index (χ1) is 13.3. The number of rotatable bonds is 5. The second-order valence-electron chi connectivity index (χ2n) is 6.71. The molecule has 0 unspecified atom stereocenters. The van der Waals surface area contributed by atoms with Crippen molar-refractivity contribution in [2.24, 2.45) is 5.73 Å². The molecule has 3 aromatic rings. The highest BCUT2D eigenvalue weighted by molar-refractivity contribution is 6.35. The Bertz CT molecular complexity index is 1040. The number of fused-ring (bicyclic) bond motifs is 1. The molecule has 0 fully saturated rings. The van der Waals surface area contributed by atoms with Crippen LogP contribution < -0.4 is 10.5 Å². The van der Waals surface area contributed by atoms with E-state index in [1.54, 1.807) is 18.2 Å². The second-order valence-corrected chi connectivity index (χ2v) is 7.12. The van der Waals surface area contributed by atoms with E-state index in [2.05, 4.69) is 9.88 Å². The Kier molecular flexibility index (Phi) is 5.58. The van der Waals surface area contributed by atoms with E-state index < -0.39 is 5.91 Å². The zero-order valence-electron chi connectivity index (χ0n) is 15.9. The maximum absolute atomic E-state index is 12.5. The van der Waals surface area contributed by atoms with Gasteiger partial charge in [-0.1, -0.05) is 29.8 Å². The van der Waals surface area contributed by atoms with Gasteiger partial charge in [-0.05, 0) is 38.4 Å². The van der Waals surface area contributed by atoms with Gasteiger partial charge in [-0.25, -0.2) is 0 Å². The minimum absolute atomic E-state index is 0.271. The van der Waals surface area contributed by atoms with E-state index in [0.717, 1.165) is 22.8 Å². The second kappa shape index (κ2) is 7.92. The van der Waals surface area contributed by atoms with Crippen molar-refractivity contribution in [1.29, 1.82) is 5.41 Å². The van der Waals surface area contributed by atoms with Gasteiger partial charge in [-0.3, -0.25) is 15.1 Å². The molecule has 8 heteroatoms. The number of nitrogens with two attached hydrogens (primary N) is 1. The van der Waals surface area contributed by atoms with Crippen molar-refractivity contribution >= 4 is 34.4 Å². The van der Waals surface area contributed by atoms with E-state index in [0.29, 0.717) is 21.7 Å². The van der Waals surface area contributed by atoms with Crippen molar-refractivity contribution in [2.75, 3.05) is 21.1 Å². The maximum atomic E-state index is 12.5. The highest BCUT2D eigenvalue weighted by atomic mass is 35.5. The first-order valence-electron chi connectivity index (χ1n) is 8.61. The van der Waals surface area contributed by atoms with E-state index in [9.17, 15) is 4.79 Å². The number of carbonyl (C=O) groups is 1. The molecule has 0 spiro atoms. The summed E-state index contributed by atoms with van der Waals surface area (Å²) in [5.74, 6) is 0.501. The Labute approximate surface area is 168 Å². The number of para-hydroxylation sites is 1. The molecule has 7 nitrogen and oxygen atoms in total. The van der Waals surface area contributed by atoms with Crippen molar-refractivity contribution in [3.8, 4) is 11.5 Å². The Hall–Kier alpha value is -3.03. The molecule has 0 radical (unpaired) electrons. The summed E-state index contributed by atoms with van der Waals surface area (Å²) in [5, 5.41) is 8.59. The van der Waals surface area contributed by atoms with E-state index >= 15 is 0 Å². The van der Waals surface area contributed by atoms with Gasteiger partial charge < -0.3 is 20.4 Å². The lowest BCUT2D eigenvalue weighted by atomic mass is 10.2. The summed E-state index contributed by atoms with van der Waals surface area (Å²) in [7, 11) is 5.42. The summed E-state index contributed by atoms with van der Waals surface area (Å²) in [4.78, 5) is 18.7. The predicted octanol–water partition coefficient (Wildman–Crippen LogP) is 3.64. The molecule has 0 saturated heterocycles. The van der Waals surface area contributed by atoms with Crippen LogP contribution in [0.2, 0.25) is 5.02 Å². The molecule has 1 heterocycles. The van der Waals surface area contributed by atoms with Crippen LogP contribution >= 0.6 is 11.6 Å². The lowest BCUT2D eigenvalue weighted by Gasteiger charge is -2.15. The number of hydrogen-bond donors (Lipinski definition) is 3. The van der Waals surface area contributed by atoms with Crippen molar-refractivity contribution in [3.63, 3.8) is 0 Å². The summed E-state index contributed by atoms with van der Waals surface area (Å²) >= 11 is 6.32. The molecule has 0 aliphatic carbocycles. The number of H-pyrrole nitrogens is 1. The molecule has 0 aliphatic rings. The van der Waals surface area contributed by atoms with Crippen LogP contribution in [0.1, 0.15) is 16.1 Å². The lowest BCUT2D eigenvalue weighted by molar-refractivity contribution is 0.0864. The number of aromatic nitrogens is 1. The SMILES string of the molecule is CN(C)Cc1ccccc1Oc1ccc(Cl)c2cc(C(=O)N(C)C(=N)N)[nH]c12. The maximum Gasteiger partial charge on any atom is 0.276 e. The van der Waals surface area contributed by atoms with Gasteiger partial charge >= 0.3 is 0 Å². The molecule has 0 saturated carbocycles. The number of halogens is 1. The Balaban J connectivity index is 2.03. The van der Waals surface area contributed by atoms with Gasteiger partial charge in [0.2, 0.25) is 0 Å². The zero-order chi connectivity index (χ0) is 20.4. The number of aromatic amines is 1. The summed E-state index contributed by atoms with van der Waals surface area (Å²) in [6, 6.07) is 12.9. The fourth-order valence-electron chi connectivity index (χ4n) is 2.84. The van der Waals surface area contributed by atoms with Gasteiger partial charge in [0.15, 0.2) is 11.7 Å². The number of nitrogens with zero attached hydrogens (tertiary/aromatic N) is 2. The predicted molar refractivity (Wildman–Crippen MR) is 111 cm³/mol. The number of guanidine groups is 1. The molecule has 1 amide bonds. The summed E-state index contributed by atoms with van der Waals surface area (Å²) < 4.78 is 6.17. The number of benzene rings is 2. The average molecular weight is 400 g/mol. The monoisotopic (exact) mass is 399 g/mol. The third kappa shape index (κ3) is 3.95. The number of carbonyl (C=O) groups excluding carboxylic acids is 1.